The minimum atomic E-state index is 0.870. The summed E-state index contributed by atoms with van der Waals surface area (Å²) >= 11 is 0. The Morgan fingerprint density at radius 2 is 1.41 bits per heavy atom. The van der Waals surface area contributed by atoms with Gasteiger partial charge in [0.2, 0.25) is 0 Å². The molecule has 1 aromatic heterocycles. The number of benzene rings is 1. The van der Waals surface area contributed by atoms with E-state index in [1.54, 1.807) is 0 Å². The van der Waals surface area contributed by atoms with Crippen molar-refractivity contribution in [3.05, 3.63) is 58.4 Å². The fourth-order valence-electron chi connectivity index (χ4n) is 2.20. The van der Waals surface area contributed by atoms with E-state index in [1.807, 2.05) is 0 Å². The fourth-order valence-corrected chi connectivity index (χ4v) is 2.20. The van der Waals surface area contributed by atoms with E-state index in [9.17, 15) is 0 Å². The predicted molar refractivity (Wildman–Crippen MR) is 72.9 cm³/mol. The van der Waals surface area contributed by atoms with Gasteiger partial charge in [-0.15, -0.1) is 0 Å². The van der Waals surface area contributed by atoms with Gasteiger partial charge in [-0.25, -0.2) is 0 Å². The number of nitrogens with zero attached hydrogens (tertiary/aromatic N) is 1. The first-order chi connectivity index (χ1) is 8.09. The summed E-state index contributed by atoms with van der Waals surface area (Å²) in [6.07, 6.45) is 0. The van der Waals surface area contributed by atoms with Crippen LogP contribution in [0.3, 0.4) is 0 Å². The van der Waals surface area contributed by atoms with Gasteiger partial charge in [-0.2, -0.15) is 0 Å². The van der Waals surface area contributed by atoms with Gasteiger partial charge in [-0.05, 0) is 56.5 Å². The summed E-state index contributed by atoms with van der Waals surface area (Å²) in [5.74, 6) is 0. The molecule has 1 aromatic carbocycles. The maximum Gasteiger partial charge on any atom is 0.0569 e. The first kappa shape index (κ1) is 11.8. The molecule has 0 aliphatic carbocycles. The van der Waals surface area contributed by atoms with Gasteiger partial charge >= 0.3 is 0 Å². The maximum absolute atomic E-state index is 3.48. The lowest BCUT2D eigenvalue weighted by molar-refractivity contribution is 0.787. The third-order valence-electron chi connectivity index (χ3n) is 3.33. The van der Waals surface area contributed by atoms with Gasteiger partial charge in [0.1, 0.15) is 0 Å². The van der Waals surface area contributed by atoms with Crippen molar-refractivity contribution < 1.29 is 0 Å². The highest BCUT2D eigenvalue weighted by Crippen LogP contribution is 2.14. The van der Waals surface area contributed by atoms with Crippen molar-refractivity contribution in [1.82, 2.24) is 4.68 Å². The van der Waals surface area contributed by atoms with Crippen LogP contribution < -0.4 is 5.43 Å². The van der Waals surface area contributed by atoms with E-state index in [0.717, 1.165) is 6.54 Å². The third-order valence-corrected chi connectivity index (χ3v) is 3.33. The highest BCUT2D eigenvalue weighted by molar-refractivity contribution is 5.34. The molecule has 90 valence electrons. The van der Waals surface area contributed by atoms with E-state index in [1.165, 1.54) is 28.1 Å². The molecule has 0 unspecified atom stereocenters. The molecular weight excluding hydrogens is 208 g/mol. The molecule has 1 heterocycles. The average Bonchev–Trinajstić information content (AvgIpc) is 2.59. The van der Waals surface area contributed by atoms with E-state index in [2.05, 4.69) is 68.1 Å². The van der Waals surface area contributed by atoms with Crippen LogP contribution in [0.4, 0.5) is 0 Å². The van der Waals surface area contributed by atoms with Crippen LogP contribution >= 0.6 is 0 Å². The van der Waals surface area contributed by atoms with Gasteiger partial charge in [0.25, 0.3) is 0 Å². The monoisotopic (exact) mass is 228 g/mol. The second-order valence-electron chi connectivity index (χ2n) is 4.66. The lowest BCUT2D eigenvalue weighted by atomic mass is 10.0. The van der Waals surface area contributed by atoms with E-state index in [4.69, 9.17) is 0 Å². The van der Waals surface area contributed by atoms with Crippen LogP contribution in [-0.4, -0.2) is 4.68 Å². The van der Waals surface area contributed by atoms with Crippen LogP contribution in [0.5, 0.6) is 0 Å². The SMILES string of the molecule is Cc1cccc(C)c1CNn1c(C)ccc1C. The number of hydrogen-bond donors (Lipinski definition) is 1. The molecule has 0 aliphatic rings. The molecule has 0 spiro atoms. The zero-order chi connectivity index (χ0) is 12.4. The molecule has 1 N–H and O–H groups in total. The first-order valence-electron chi connectivity index (χ1n) is 6.03. The van der Waals surface area contributed by atoms with E-state index in [0.29, 0.717) is 0 Å². The molecule has 0 saturated carbocycles. The Morgan fingerprint density at radius 1 is 0.882 bits per heavy atom. The molecule has 17 heavy (non-hydrogen) atoms. The van der Waals surface area contributed by atoms with Crippen molar-refractivity contribution >= 4 is 0 Å². The zero-order valence-electron chi connectivity index (χ0n) is 11.0. The second-order valence-corrected chi connectivity index (χ2v) is 4.66. The molecule has 0 radical (unpaired) electrons. The zero-order valence-corrected chi connectivity index (χ0v) is 11.0. The predicted octanol–water partition coefficient (Wildman–Crippen LogP) is 3.47. The molecule has 2 rings (SSSR count). The molecule has 2 heteroatoms. The Bertz CT molecular complexity index is 484. The van der Waals surface area contributed by atoms with E-state index < -0.39 is 0 Å². The lowest BCUT2D eigenvalue weighted by Gasteiger charge is -2.15. The summed E-state index contributed by atoms with van der Waals surface area (Å²) in [7, 11) is 0. The van der Waals surface area contributed by atoms with Crippen LogP contribution in [0.25, 0.3) is 0 Å². The minimum Gasteiger partial charge on any atom is -0.322 e. The van der Waals surface area contributed by atoms with Crippen molar-refractivity contribution in [2.75, 3.05) is 5.43 Å². The first-order valence-corrected chi connectivity index (χ1v) is 6.03. The minimum absolute atomic E-state index is 0.870. The number of rotatable bonds is 3. The molecule has 0 saturated heterocycles. The summed E-state index contributed by atoms with van der Waals surface area (Å²) in [5.41, 5.74) is 10.0. The molecule has 2 nitrogen and oxygen atoms in total. The van der Waals surface area contributed by atoms with Gasteiger partial charge in [0.05, 0.1) is 6.54 Å². The molecular formula is C15H20N2. The normalized spacial score (nSPS) is 10.6. The van der Waals surface area contributed by atoms with Crippen molar-refractivity contribution in [3.63, 3.8) is 0 Å². The molecule has 0 fully saturated rings. The van der Waals surface area contributed by atoms with Gasteiger partial charge in [0, 0.05) is 11.4 Å². The summed E-state index contributed by atoms with van der Waals surface area (Å²) in [6, 6.07) is 10.7. The lowest BCUT2D eigenvalue weighted by Crippen LogP contribution is -2.18. The molecule has 0 aliphatic heterocycles. The second kappa shape index (κ2) is 4.66. The standard InChI is InChI=1S/C15H20N2/c1-11-6-5-7-12(2)15(11)10-16-17-13(3)8-9-14(17)4/h5-9,16H,10H2,1-4H3. The highest BCUT2D eigenvalue weighted by atomic mass is 15.4. The van der Waals surface area contributed by atoms with Crippen LogP contribution in [-0.2, 0) is 6.54 Å². The Morgan fingerprint density at radius 3 is 1.94 bits per heavy atom. The van der Waals surface area contributed by atoms with Gasteiger partial charge in [-0.3, -0.25) is 4.68 Å². The summed E-state index contributed by atoms with van der Waals surface area (Å²) in [4.78, 5) is 0. The van der Waals surface area contributed by atoms with Gasteiger partial charge in [0.15, 0.2) is 0 Å². The maximum atomic E-state index is 3.48. The van der Waals surface area contributed by atoms with Crippen molar-refractivity contribution in [2.24, 2.45) is 0 Å². The molecule has 2 aromatic rings. The summed E-state index contributed by atoms with van der Waals surface area (Å²) in [6.45, 7) is 9.43. The Labute approximate surface area is 103 Å². The van der Waals surface area contributed by atoms with E-state index in [-0.39, 0.29) is 0 Å². The number of nitrogens with one attached hydrogen (secondary N) is 1. The van der Waals surface area contributed by atoms with Crippen LogP contribution in [0.2, 0.25) is 0 Å². The summed E-state index contributed by atoms with van der Waals surface area (Å²) < 4.78 is 2.14. The average molecular weight is 228 g/mol. The summed E-state index contributed by atoms with van der Waals surface area (Å²) in [5, 5.41) is 0. The Balaban J connectivity index is 2.18. The highest BCUT2D eigenvalue weighted by Gasteiger charge is 2.04. The van der Waals surface area contributed by atoms with Crippen LogP contribution in [0.15, 0.2) is 30.3 Å². The van der Waals surface area contributed by atoms with Crippen molar-refractivity contribution in [2.45, 2.75) is 34.2 Å². The quantitative estimate of drug-likeness (QED) is 0.851. The molecule has 0 bridgehead atoms. The van der Waals surface area contributed by atoms with Crippen LogP contribution in [0, 0.1) is 27.7 Å². The Kier molecular flexibility index (Phi) is 3.23. The number of aromatic nitrogens is 1. The van der Waals surface area contributed by atoms with Crippen molar-refractivity contribution in [3.8, 4) is 0 Å². The number of aryl methyl sites for hydroxylation is 4. The number of hydrogen-bond acceptors (Lipinski definition) is 1. The van der Waals surface area contributed by atoms with Gasteiger partial charge in [-0.1, -0.05) is 18.2 Å². The molecule has 0 atom stereocenters. The van der Waals surface area contributed by atoms with Crippen LogP contribution in [0.1, 0.15) is 28.1 Å². The third kappa shape index (κ3) is 2.36. The topological polar surface area (TPSA) is 17.0 Å². The fraction of sp³-hybridized carbons (Fsp3) is 0.333. The van der Waals surface area contributed by atoms with Crippen molar-refractivity contribution in [1.29, 1.82) is 0 Å². The largest absolute Gasteiger partial charge is 0.322 e. The Hall–Kier alpha value is -1.70. The molecule has 0 amide bonds. The van der Waals surface area contributed by atoms with E-state index >= 15 is 0 Å². The smallest absolute Gasteiger partial charge is 0.0569 e. The van der Waals surface area contributed by atoms with Gasteiger partial charge < -0.3 is 5.43 Å².